The van der Waals surface area contributed by atoms with E-state index in [9.17, 15) is 8.42 Å². The van der Waals surface area contributed by atoms with Gasteiger partial charge in [-0.3, -0.25) is 0 Å². The lowest BCUT2D eigenvalue weighted by Crippen LogP contribution is -2.27. The highest BCUT2D eigenvalue weighted by Gasteiger charge is 2.21. The van der Waals surface area contributed by atoms with Crippen molar-refractivity contribution in [1.82, 2.24) is 9.71 Å². The summed E-state index contributed by atoms with van der Waals surface area (Å²) in [6.07, 6.45) is 0. The van der Waals surface area contributed by atoms with E-state index in [0.29, 0.717) is 0 Å². The standard InChI is InChI=1S/C18H20N2O2S/c1-12-8-10-15(11-9-12)23(21,22)20-14(3)18-13(2)16-6-4-5-7-17(16)19-18/h4-11,14,19-20H,1-3H3. The SMILES string of the molecule is Cc1ccc(S(=O)(=O)NC(C)c2[nH]c3ccccc3c2C)cc1. The van der Waals surface area contributed by atoms with Gasteiger partial charge < -0.3 is 4.98 Å². The van der Waals surface area contributed by atoms with Gasteiger partial charge in [0.1, 0.15) is 0 Å². The molecule has 120 valence electrons. The first-order chi connectivity index (χ1) is 10.9. The molecule has 1 heterocycles. The number of aromatic nitrogens is 1. The van der Waals surface area contributed by atoms with E-state index in [2.05, 4.69) is 9.71 Å². The number of sulfonamides is 1. The summed E-state index contributed by atoms with van der Waals surface area (Å²) in [5.74, 6) is 0. The smallest absolute Gasteiger partial charge is 0.241 e. The first-order valence-electron chi connectivity index (χ1n) is 7.54. The molecule has 0 saturated carbocycles. The Hall–Kier alpha value is -2.11. The van der Waals surface area contributed by atoms with Crippen molar-refractivity contribution in [3.05, 3.63) is 65.4 Å². The maximum absolute atomic E-state index is 12.5. The fourth-order valence-corrected chi connectivity index (χ4v) is 4.03. The lowest BCUT2D eigenvalue weighted by Gasteiger charge is -2.14. The minimum Gasteiger partial charge on any atom is -0.357 e. The summed E-state index contributed by atoms with van der Waals surface area (Å²) >= 11 is 0. The number of rotatable bonds is 4. The zero-order chi connectivity index (χ0) is 16.6. The average Bonchev–Trinajstić information content (AvgIpc) is 2.85. The molecule has 0 saturated heterocycles. The summed E-state index contributed by atoms with van der Waals surface area (Å²) in [7, 11) is -3.55. The number of aryl methyl sites for hydroxylation is 2. The molecule has 0 aliphatic rings. The van der Waals surface area contributed by atoms with Gasteiger partial charge in [0.15, 0.2) is 0 Å². The van der Waals surface area contributed by atoms with Crippen molar-refractivity contribution in [2.75, 3.05) is 0 Å². The van der Waals surface area contributed by atoms with Crippen molar-refractivity contribution < 1.29 is 8.42 Å². The zero-order valence-corrected chi connectivity index (χ0v) is 14.2. The molecule has 5 heteroatoms. The van der Waals surface area contributed by atoms with Gasteiger partial charge in [0.25, 0.3) is 0 Å². The van der Waals surface area contributed by atoms with E-state index in [1.54, 1.807) is 24.3 Å². The van der Waals surface area contributed by atoms with Gasteiger partial charge in [-0.1, -0.05) is 35.9 Å². The number of aromatic amines is 1. The molecule has 0 fully saturated rings. The summed E-state index contributed by atoms with van der Waals surface area (Å²) in [6, 6.07) is 14.5. The third kappa shape index (κ3) is 3.02. The molecular formula is C18H20N2O2S. The second-order valence-electron chi connectivity index (χ2n) is 5.87. The second kappa shape index (κ2) is 5.83. The van der Waals surface area contributed by atoms with Crippen LogP contribution in [-0.2, 0) is 10.0 Å². The van der Waals surface area contributed by atoms with Crippen molar-refractivity contribution in [3.63, 3.8) is 0 Å². The van der Waals surface area contributed by atoms with Crippen LogP contribution in [0.5, 0.6) is 0 Å². The van der Waals surface area contributed by atoms with Crippen LogP contribution in [0.2, 0.25) is 0 Å². The number of hydrogen-bond acceptors (Lipinski definition) is 2. The third-order valence-corrected chi connectivity index (χ3v) is 5.66. The molecule has 3 rings (SSSR count). The third-order valence-electron chi connectivity index (χ3n) is 4.10. The summed E-state index contributed by atoms with van der Waals surface area (Å²) in [4.78, 5) is 3.60. The normalized spacial score (nSPS) is 13.3. The largest absolute Gasteiger partial charge is 0.357 e. The van der Waals surface area contributed by atoms with E-state index in [4.69, 9.17) is 0 Å². The maximum Gasteiger partial charge on any atom is 0.241 e. The van der Waals surface area contributed by atoms with Crippen LogP contribution in [0.4, 0.5) is 0 Å². The zero-order valence-electron chi connectivity index (χ0n) is 13.4. The molecule has 0 aliphatic heterocycles. The summed E-state index contributed by atoms with van der Waals surface area (Å²) in [6.45, 7) is 5.79. The Balaban J connectivity index is 1.92. The first-order valence-corrected chi connectivity index (χ1v) is 9.03. The van der Waals surface area contributed by atoms with Crippen molar-refractivity contribution in [1.29, 1.82) is 0 Å². The predicted molar refractivity (Wildman–Crippen MR) is 93.0 cm³/mol. The predicted octanol–water partition coefficient (Wildman–Crippen LogP) is 3.82. The molecule has 1 atom stereocenters. The monoisotopic (exact) mass is 328 g/mol. The van der Waals surface area contributed by atoms with Gasteiger partial charge in [-0.05, 0) is 44.5 Å². The van der Waals surface area contributed by atoms with Gasteiger partial charge in [-0.15, -0.1) is 0 Å². The van der Waals surface area contributed by atoms with Gasteiger partial charge >= 0.3 is 0 Å². The Morgan fingerprint density at radius 1 is 1.00 bits per heavy atom. The first kappa shape index (κ1) is 15.8. The molecule has 0 aliphatic carbocycles. The molecule has 1 aromatic heterocycles. The molecule has 0 amide bonds. The summed E-state index contributed by atoms with van der Waals surface area (Å²) in [5, 5.41) is 1.11. The number of H-pyrrole nitrogens is 1. The van der Waals surface area contributed by atoms with Crippen molar-refractivity contribution >= 4 is 20.9 Å². The molecule has 3 aromatic rings. The van der Waals surface area contributed by atoms with Gasteiger partial charge in [0.05, 0.1) is 10.9 Å². The van der Waals surface area contributed by atoms with Crippen LogP contribution >= 0.6 is 0 Å². The molecule has 4 nitrogen and oxygen atoms in total. The fourth-order valence-electron chi connectivity index (χ4n) is 2.81. The summed E-state index contributed by atoms with van der Waals surface area (Å²) in [5.41, 5.74) is 4.01. The minimum atomic E-state index is -3.55. The van der Waals surface area contributed by atoms with Crippen LogP contribution < -0.4 is 4.72 Å². The lowest BCUT2D eigenvalue weighted by atomic mass is 10.1. The average molecular weight is 328 g/mol. The van der Waals surface area contributed by atoms with Gasteiger partial charge in [0, 0.05) is 16.6 Å². The quantitative estimate of drug-likeness (QED) is 0.765. The van der Waals surface area contributed by atoms with E-state index >= 15 is 0 Å². The Morgan fingerprint density at radius 2 is 1.65 bits per heavy atom. The number of para-hydroxylation sites is 1. The van der Waals surface area contributed by atoms with Gasteiger partial charge in [0.2, 0.25) is 10.0 Å². The van der Waals surface area contributed by atoms with Crippen molar-refractivity contribution in [2.45, 2.75) is 31.7 Å². The van der Waals surface area contributed by atoms with Crippen LogP contribution in [0, 0.1) is 13.8 Å². The summed E-state index contributed by atoms with van der Waals surface area (Å²) < 4.78 is 27.8. The molecule has 0 radical (unpaired) electrons. The second-order valence-corrected chi connectivity index (χ2v) is 7.58. The van der Waals surface area contributed by atoms with Crippen LogP contribution in [0.3, 0.4) is 0 Å². The van der Waals surface area contributed by atoms with Gasteiger partial charge in [-0.2, -0.15) is 0 Å². The Bertz CT molecular complexity index is 941. The van der Waals surface area contributed by atoms with E-state index in [-0.39, 0.29) is 10.9 Å². The maximum atomic E-state index is 12.5. The Labute approximate surface area is 136 Å². The molecular weight excluding hydrogens is 308 g/mol. The number of nitrogens with one attached hydrogen (secondary N) is 2. The molecule has 2 N–H and O–H groups in total. The highest BCUT2D eigenvalue weighted by atomic mass is 32.2. The highest BCUT2D eigenvalue weighted by molar-refractivity contribution is 7.89. The molecule has 23 heavy (non-hydrogen) atoms. The molecule has 0 bridgehead atoms. The Kier molecular flexibility index (Phi) is 4.00. The van der Waals surface area contributed by atoms with E-state index in [0.717, 1.165) is 27.7 Å². The minimum absolute atomic E-state index is 0.281. The number of fused-ring (bicyclic) bond motifs is 1. The molecule has 2 aromatic carbocycles. The van der Waals surface area contributed by atoms with E-state index in [1.165, 1.54) is 0 Å². The lowest BCUT2D eigenvalue weighted by molar-refractivity contribution is 0.564. The number of benzene rings is 2. The van der Waals surface area contributed by atoms with Crippen LogP contribution in [0.15, 0.2) is 53.4 Å². The van der Waals surface area contributed by atoms with Crippen molar-refractivity contribution in [2.24, 2.45) is 0 Å². The fraction of sp³-hybridized carbons (Fsp3) is 0.222. The van der Waals surface area contributed by atoms with Crippen LogP contribution in [0.25, 0.3) is 10.9 Å². The van der Waals surface area contributed by atoms with Gasteiger partial charge in [-0.25, -0.2) is 13.1 Å². The highest BCUT2D eigenvalue weighted by Crippen LogP contribution is 2.26. The van der Waals surface area contributed by atoms with Crippen LogP contribution in [0.1, 0.15) is 29.8 Å². The number of hydrogen-bond donors (Lipinski definition) is 2. The van der Waals surface area contributed by atoms with Crippen LogP contribution in [-0.4, -0.2) is 13.4 Å². The molecule has 1 unspecified atom stereocenters. The topological polar surface area (TPSA) is 62.0 Å². The molecule has 0 spiro atoms. The van der Waals surface area contributed by atoms with Crippen molar-refractivity contribution in [3.8, 4) is 0 Å². The Morgan fingerprint density at radius 3 is 2.30 bits per heavy atom. The van der Waals surface area contributed by atoms with E-state index in [1.807, 2.05) is 45.0 Å². The van der Waals surface area contributed by atoms with E-state index < -0.39 is 10.0 Å².